The van der Waals surface area contributed by atoms with Gasteiger partial charge in [0, 0.05) is 17.3 Å². The summed E-state index contributed by atoms with van der Waals surface area (Å²) in [5, 5.41) is 5.14. The molecule has 0 aliphatic carbocycles. The van der Waals surface area contributed by atoms with Gasteiger partial charge < -0.3 is 19.8 Å². The predicted molar refractivity (Wildman–Crippen MR) is 128 cm³/mol. The van der Waals surface area contributed by atoms with Crippen LogP contribution in [0.2, 0.25) is 0 Å². The van der Waals surface area contributed by atoms with Gasteiger partial charge in [0.05, 0.1) is 12.7 Å². The van der Waals surface area contributed by atoms with Crippen molar-refractivity contribution in [3.63, 3.8) is 0 Å². The Bertz CT molecular complexity index is 1370. The first-order valence-electron chi connectivity index (χ1n) is 10.8. The van der Waals surface area contributed by atoms with E-state index in [9.17, 15) is 19.2 Å². The molecule has 2 N–H and O–H groups in total. The van der Waals surface area contributed by atoms with E-state index < -0.39 is 30.4 Å². The maximum atomic E-state index is 12.7. The molecule has 0 saturated carbocycles. The summed E-state index contributed by atoms with van der Waals surface area (Å²) >= 11 is 0. The number of carbonyl (C=O) groups excluding carboxylic acids is 4. The van der Waals surface area contributed by atoms with Crippen LogP contribution in [0, 0.1) is 13.8 Å². The topological polar surface area (TPSA) is 118 Å². The highest BCUT2D eigenvalue weighted by Crippen LogP contribution is 2.29. The molecule has 9 nitrogen and oxygen atoms in total. The van der Waals surface area contributed by atoms with Crippen molar-refractivity contribution < 1.29 is 28.3 Å². The number of methoxy groups -OCH3 is 1. The molecular formula is C26H23N3O6. The Balaban J connectivity index is 1.49. The fourth-order valence-electron chi connectivity index (χ4n) is 3.73. The second-order valence-electron chi connectivity index (χ2n) is 7.97. The molecule has 4 rings (SSSR count). The van der Waals surface area contributed by atoms with E-state index in [-0.39, 0.29) is 5.70 Å². The molecule has 0 unspecified atom stereocenters. The van der Waals surface area contributed by atoms with Gasteiger partial charge in [-0.15, -0.1) is 0 Å². The number of esters is 1. The summed E-state index contributed by atoms with van der Waals surface area (Å²) in [6.07, 6.45) is 1.39. The van der Waals surface area contributed by atoms with E-state index in [0.717, 1.165) is 10.5 Å². The fourth-order valence-corrected chi connectivity index (χ4v) is 3.73. The minimum Gasteiger partial charge on any atom is -0.465 e. The summed E-state index contributed by atoms with van der Waals surface area (Å²) in [6, 6.07) is 15.0. The number of nitrogens with one attached hydrogen (secondary N) is 2. The van der Waals surface area contributed by atoms with Crippen molar-refractivity contribution in [3.05, 3.63) is 82.7 Å². The van der Waals surface area contributed by atoms with Gasteiger partial charge in [0.15, 0.2) is 0 Å². The number of imide groups is 1. The number of urea groups is 1. The molecule has 0 atom stereocenters. The fraction of sp³-hybridized carbons (Fsp3) is 0.154. The minimum absolute atomic E-state index is 0.0145. The summed E-state index contributed by atoms with van der Waals surface area (Å²) in [5.41, 5.74) is 3.32. The zero-order valence-electron chi connectivity index (χ0n) is 19.4. The number of hydrogen-bond acceptors (Lipinski definition) is 6. The van der Waals surface area contributed by atoms with Gasteiger partial charge in [-0.05, 0) is 55.3 Å². The van der Waals surface area contributed by atoms with E-state index in [4.69, 9.17) is 9.15 Å². The third kappa shape index (κ3) is 4.98. The number of benzene rings is 2. The van der Waals surface area contributed by atoms with Crippen LogP contribution in [0.4, 0.5) is 10.5 Å². The largest absolute Gasteiger partial charge is 0.465 e. The Morgan fingerprint density at radius 3 is 2.60 bits per heavy atom. The van der Waals surface area contributed by atoms with Gasteiger partial charge >= 0.3 is 12.0 Å². The second-order valence-corrected chi connectivity index (χ2v) is 7.97. The molecule has 1 aliphatic rings. The van der Waals surface area contributed by atoms with Crippen LogP contribution >= 0.6 is 0 Å². The Labute approximate surface area is 201 Å². The smallest absolute Gasteiger partial charge is 0.338 e. The number of carbonyl (C=O) groups is 4. The number of furan rings is 1. The molecule has 2 aromatic carbocycles. The van der Waals surface area contributed by atoms with Gasteiger partial charge in [0.25, 0.3) is 5.91 Å². The molecule has 178 valence electrons. The molecule has 0 spiro atoms. The number of ether oxygens (including phenoxy) is 1. The van der Waals surface area contributed by atoms with Crippen molar-refractivity contribution in [2.45, 2.75) is 13.8 Å². The first-order chi connectivity index (χ1) is 16.8. The van der Waals surface area contributed by atoms with Crippen LogP contribution < -0.4 is 10.6 Å². The maximum Gasteiger partial charge on any atom is 0.338 e. The van der Waals surface area contributed by atoms with Crippen LogP contribution in [-0.4, -0.2) is 42.4 Å². The Morgan fingerprint density at radius 2 is 1.86 bits per heavy atom. The highest BCUT2D eigenvalue weighted by molar-refractivity contribution is 6.15. The first-order valence-corrected chi connectivity index (χ1v) is 10.8. The quantitative estimate of drug-likeness (QED) is 0.319. The SMILES string of the molecule is COC(=O)c1cccc(-c2ccc(/C=C3/NC(=O)N(CC(=O)Nc4cccc(C)c4)C3=O)o2)c1C. The van der Waals surface area contributed by atoms with Crippen molar-refractivity contribution in [1.29, 1.82) is 0 Å². The van der Waals surface area contributed by atoms with Gasteiger partial charge in [-0.1, -0.05) is 24.3 Å². The van der Waals surface area contributed by atoms with Crippen molar-refractivity contribution in [3.8, 4) is 11.3 Å². The summed E-state index contributed by atoms with van der Waals surface area (Å²) in [5.74, 6) is -0.800. The molecule has 3 aromatic rings. The molecule has 0 bridgehead atoms. The molecule has 4 amide bonds. The Hall–Kier alpha value is -4.66. The van der Waals surface area contributed by atoms with Crippen molar-refractivity contribution in [2.75, 3.05) is 19.0 Å². The number of nitrogens with zero attached hydrogens (tertiary/aromatic N) is 1. The van der Waals surface area contributed by atoms with Crippen molar-refractivity contribution >= 4 is 35.6 Å². The normalized spacial score (nSPS) is 14.3. The lowest BCUT2D eigenvalue weighted by atomic mass is 10.0. The molecule has 35 heavy (non-hydrogen) atoms. The number of rotatable bonds is 6. The Morgan fingerprint density at radius 1 is 1.09 bits per heavy atom. The van der Waals surface area contributed by atoms with Crippen LogP contribution in [-0.2, 0) is 14.3 Å². The molecule has 1 aliphatic heterocycles. The second kappa shape index (κ2) is 9.68. The van der Waals surface area contributed by atoms with E-state index in [1.165, 1.54) is 13.2 Å². The molecular weight excluding hydrogens is 450 g/mol. The van der Waals surface area contributed by atoms with E-state index in [0.29, 0.717) is 33.9 Å². The number of amides is 4. The van der Waals surface area contributed by atoms with Crippen LogP contribution in [0.15, 0.2) is 64.7 Å². The molecule has 1 aromatic heterocycles. The molecule has 2 heterocycles. The van der Waals surface area contributed by atoms with Crippen molar-refractivity contribution in [2.24, 2.45) is 0 Å². The van der Waals surface area contributed by atoms with Crippen LogP contribution in [0.5, 0.6) is 0 Å². The highest BCUT2D eigenvalue weighted by Gasteiger charge is 2.35. The lowest BCUT2D eigenvalue weighted by Gasteiger charge is -2.12. The van der Waals surface area contributed by atoms with Gasteiger partial charge in [-0.25, -0.2) is 14.5 Å². The zero-order chi connectivity index (χ0) is 25.1. The van der Waals surface area contributed by atoms with Crippen LogP contribution in [0.25, 0.3) is 17.4 Å². The molecule has 1 fully saturated rings. The van der Waals surface area contributed by atoms with Gasteiger partial charge in [0.2, 0.25) is 5.91 Å². The lowest BCUT2D eigenvalue weighted by Crippen LogP contribution is -2.38. The standard InChI is InChI=1S/C26H23N3O6/c1-15-6-4-7-17(12-15)27-23(30)14-29-24(31)21(28-26(29)33)13-18-10-11-22(35-18)19-8-5-9-20(16(19)2)25(32)34-3/h4-13H,14H2,1-3H3,(H,27,30)(H,28,33)/b21-13+. The first kappa shape index (κ1) is 23.5. The molecule has 1 saturated heterocycles. The van der Waals surface area contributed by atoms with Gasteiger partial charge in [0.1, 0.15) is 23.8 Å². The summed E-state index contributed by atoms with van der Waals surface area (Å²) < 4.78 is 10.7. The molecule has 9 heteroatoms. The third-order valence-corrected chi connectivity index (χ3v) is 5.48. The Kier molecular flexibility index (Phi) is 6.50. The van der Waals surface area contributed by atoms with E-state index in [1.807, 2.05) is 13.0 Å². The summed E-state index contributed by atoms with van der Waals surface area (Å²) in [4.78, 5) is 50.2. The third-order valence-electron chi connectivity index (χ3n) is 5.48. The summed E-state index contributed by atoms with van der Waals surface area (Å²) in [6.45, 7) is 3.24. The van der Waals surface area contributed by atoms with Gasteiger partial charge in [-0.2, -0.15) is 0 Å². The summed E-state index contributed by atoms with van der Waals surface area (Å²) in [7, 11) is 1.31. The maximum absolute atomic E-state index is 12.7. The van der Waals surface area contributed by atoms with Crippen LogP contribution in [0.1, 0.15) is 27.2 Å². The monoisotopic (exact) mass is 473 g/mol. The zero-order valence-corrected chi connectivity index (χ0v) is 19.4. The highest BCUT2D eigenvalue weighted by atomic mass is 16.5. The van der Waals surface area contributed by atoms with E-state index >= 15 is 0 Å². The average Bonchev–Trinajstić information content (AvgIpc) is 3.39. The lowest BCUT2D eigenvalue weighted by molar-refractivity contribution is -0.127. The van der Waals surface area contributed by atoms with Gasteiger partial charge in [-0.3, -0.25) is 9.59 Å². The van der Waals surface area contributed by atoms with Crippen LogP contribution in [0.3, 0.4) is 0 Å². The minimum atomic E-state index is -0.700. The number of anilines is 1. The molecule has 0 radical (unpaired) electrons. The van der Waals surface area contributed by atoms with E-state index in [2.05, 4.69) is 10.6 Å². The van der Waals surface area contributed by atoms with E-state index in [1.54, 1.807) is 55.5 Å². The predicted octanol–water partition coefficient (Wildman–Crippen LogP) is 3.88. The average molecular weight is 473 g/mol. The number of hydrogen-bond donors (Lipinski definition) is 2. The van der Waals surface area contributed by atoms with Crippen molar-refractivity contribution in [1.82, 2.24) is 10.2 Å². The number of aryl methyl sites for hydroxylation is 1.